The van der Waals surface area contributed by atoms with Crippen LogP contribution in [0.15, 0.2) is 65.1 Å². The molecule has 4 rings (SSSR count). The number of ether oxygens (including phenoxy) is 2. The highest BCUT2D eigenvalue weighted by atomic mass is 16.5. The van der Waals surface area contributed by atoms with Crippen LogP contribution in [0.1, 0.15) is 33.4 Å². The normalized spacial score (nSPS) is 13.0. The first kappa shape index (κ1) is 23.1. The van der Waals surface area contributed by atoms with Crippen LogP contribution in [0, 0.1) is 0 Å². The molecular formula is C25H24N2O7. The number of carboxylic acids is 1. The third-order valence-corrected chi connectivity index (χ3v) is 5.57. The third-order valence-electron chi connectivity index (χ3n) is 5.57. The molecule has 1 aromatic heterocycles. The van der Waals surface area contributed by atoms with Gasteiger partial charge in [-0.1, -0.05) is 48.5 Å². The average Bonchev–Trinajstić information content (AvgIpc) is 3.44. The summed E-state index contributed by atoms with van der Waals surface area (Å²) in [6, 6.07) is 17.8. The molecule has 0 radical (unpaired) electrons. The van der Waals surface area contributed by atoms with E-state index in [1.807, 2.05) is 36.4 Å². The summed E-state index contributed by atoms with van der Waals surface area (Å²) in [5, 5.41) is 14.0. The van der Waals surface area contributed by atoms with Crippen molar-refractivity contribution in [2.24, 2.45) is 0 Å². The van der Waals surface area contributed by atoms with Gasteiger partial charge in [0.2, 0.25) is 0 Å². The Morgan fingerprint density at radius 1 is 1.00 bits per heavy atom. The van der Waals surface area contributed by atoms with Gasteiger partial charge in [0.1, 0.15) is 12.4 Å². The number of aliphatic carboxylic acids is 1. The fourth-order valence-corrected chi connectivity index (χ4v) is 3.97. The van der Waals surface area contributed by atoms with Crippen LogP contribution < -0.4 is 10.6 Å². The van der Waals surface area contributed by atoms with Crippen molar-refractivity contribution in [3.05, 3.63) is 83.3 Å². The fraction of sp³-hybridized carbons (Fsp3) is 0.240. The summed E-state index contributed by atoms with van der Waals surface area (Å²) in [6.07, 6.45) is -0.615. The van der Waals surface area contributed by atoms with Crippen LogP contribution in [-0.2, 0) is 20.8 Å². The van der Waals surface area contributed by atoms with Gasteiger partial charge in [-0.3, -0.25) is 4.79 Å². The standard InChI is InChI=1S/C25H24N2O7/c1-32-14-21(24(29)30)27-23(28)22-11-10-15(34-22)12-26-25(31)33-13-20-18-8-4-2-6-16(18)17-7-3-5-9-19(17)20/h2-11,20-21H,12-14H2,1H3,(H,26,31)(H,27,28)(H,29,30)/t21-/m0/s1. The third kappa shape index (κ3) is 4.94. The van der Waals surface area contributed by atoms with E-state index >= 15 is 0 Å². The van der Waals surface area contributed by atoms with Crippen molar-refractivity contribution in [3.8, 4) is 11.1 Å². The van der Waals surface area contributed by atoms with Gasteiger partial charge in [-0.15, -0.1) is 0 Å². The second kappa shape index (κ2) is 10.2. The zero-order valence-electron chi connectivity index (χ0n) is 18.4. The van der Waals surface area contributed by atoms with Crippen molar-refractivity contribution in [3.63, 3.8) is 0 Å². The first-order valence-electron chi connectivity index (χ1n) is 10.7. The lowest BCUT2D eigenvalue weighted by Gasteiger charge is -2.14. The topological polar surface area (TPSA) is 127 Å². The van der Waals surface area contributed by atoms with Crippen molar-refractivity contribution >= 4 is 18.0 Å². The number of alkyl carbamates (subject to hydrolysis) is 1. The van der Waals surface area contributed by atoms with Gasteiger partial charge in [0.05, 0.1) is 13.2 Å². The Bertz CT molecular complexity index is 1160. The molecule has 2 aromatic carbocycles. The number of furan rings is 1. The Balaban J connectivity index is 1.30. The highest BCUT2D eigenvalue weighted by molar-refractivity contribution is 5.94. The molecule has 1 aliphatic carbocycles. The minimum absolute atomic E-state index is 0.00435. The molecule has 0 saturated heterocycles. The molecule has 0 spiro atoms. The van der Waals surface area contributed by atoms with Crippen LogP contribution in [0.5, 0.6) is 0 Å². The first-order chi connectivity index (χ1) is 16.5. The van der Waals surface area contributed by atoms with Crippen molar-refractivity contribution in [2.75, 3.05) is 20.3 Å². The summed E-state index contributed by atoms with van der Waals surface area (Å²) < 4.78 is 15.7. The molecule has 1 heterocycles. The average molecular weight is 464 g/mol. The summed E-state index contributed by atoms with van der Waals surface area (Å²) in [5.41, 5.74) is 4.52. The maximum atomic E-state index is 12.3. The van der Waals surface area contributed by atoms with Crippen molar-refractivity contribution < 1.29 is 33.4 Å². The smallest absolute Gasteiger partial charge is 0.407 e. The zero-order chi connectivity index (χ0) is 24.1. The molecule has 0 fully saturated rings. The number of hydrogen-bond acceptors (Lipinski definition) is 6. The molecule has 9 heteroatoms. The predicted molar refractivity (Wildman–Crippen MR) is 121 cm³/mol. The number of hydrogen-bond donors (Lipinski definition) is 3. The van der Waals surface area contributed by atoms with Gasteiger partial charge in [-0.2, -0.15) is 0 Å². The van der Waals surface area contributed by atoms with Crippen molar-refractivity contribution in [1.82, 2.24) is 10.6 Å². The Hall–Kier alpha value is -4.11. The SMILES string of the molecule is COC[C@H](NC(=O)c1ccc(CNC(=O)OCC2c3ccccc3-c3ccccc32)o1)C(=O)O. The van der Waals surface area contributed by atoms with Gasteiger partial charge >= 0.3 is 12.1 Å². The minimum atomic E-state index is -1.22. The lowest BCUT2D eigenvalue weighted by atomic mass is 9.98. The summed E-state index contributed by atoms with van der Waals surface area (Å²) in [5.74, 6) is -1.73. The van der Waals surface area contributed by atoms with Crippen LogP contribution in [0.2, 0.25) is 0 Å². The first-order valence-corrected chi connectivity index (χ1v) is 10.7. The molecule has 0 saturated carbocycles. The van der Waals surface area contributed by atoms with E-state index in [9.17, 15) is 14.4 Å². The largest absolute Gasteiger partial charge is 0.480 e. The lowest BCUT2D eigenvalue weighted by molar-refractivity contribution is -0.140. The molecule has 1 atom stereocenters. The van der Waals surface area contributed by atoms with E-state index in [0.29, 0.717) is 5.76 Å². The van der Waals surface area contributed by atoms with Crippen LogP contribution in [0.3, 0.4) is 0 Å². The number of carboxylic acid groups (broad SMARTS) is 1. The number of fused-ring (bicyclic) bond motifs is 3. The Kier molecular flexibility index (Phi) is 6.93. The van der Waals surface area contributed by atoms with E-state index in [1.165, 1.54) is 19.2 Å². The maximum absolute atomic E-state index is 12.3. The molecule has 34 heavy (non-hydrogen) atoms. The predicted octanol–water partition coefficient (Wildman–Crippen LogP) is 3.15. The van der Waals surface area contributed by atoms with E-state index in [0.717, 1.165) is 22.3 Å². The molecule has 1 aliphatic rings. The summed E-state index contributed by atoms with van der Waals surface area (Å²) >= 11 is 0. The molecule has 3 aromatic rings. The molecule has 2 amide bonds. The summed E-state index contributed by atoms with van der Waals surface area (Å²) in [7, 11) is 1.34. The highest BCUT2D eigenvalue weighted by Gasteiger charge is 2.29. The molecule has 0 unspecified atom stereocenters. The lowest BCUT2D eigenvalue weighted by Crippen LogP contribution is -2.43. The molecule has 3 N–H and O–H groups in total. The molecule has 0 bridgehead atoms. The highest BCUT2D eigenvalue weighted by Crippen LogP contribution is 2.44. The van der Waals surface area contributed by atoms with Crippen LogP contribution in [0.25, 0.3) is 11.1 Å². The number of carbonyl (C=O) groups is 3. The Labute approximate surface area is 195 Å². The summed E-state index contributed by atoms with van der Waals surface area (Å²) in [6.45, 7) is 0.00408. The molecular weight excluding hydrogens is 440 g/mol. The fourth-order valence-electron chi connectivity index (χ4n) is 3.97. The van der Waals surface area contributed by atoms with E-state index in [-0.39, 0.29) is 31.4 Å². The van der Waals surface area contributed by atoms with Crippen LogP contribution in [-0.4, -0.2) is 49.4 Å². The zero-order valence-corrected chi connectivity index (χ0v) is 18.4. The van der Waals surface area contributed by atoms with Gasteiger partial charge in [0.15, 0.2) is 11.8 Å². The van der Waals surface area contributed by atoms with E-state index in [1.54, 1.807) is 0 Å². The molecule has 176 valence electrons. The monoisotopic (exact) mass is 464 g/mol. The van der Waals surface area contributed by atoms with E-state index in [4.69, 9.17) is 19.0 Å². The van der Waals surface area contributed by atoms with Gasteiger partial charge in [-0.25, -0.2) is 9.59 Å². The molecule has 0 aliphatic heterocycles. The number of methoxy groups -OCH3 is 1. The van der Waals surface area contributed by atoms with Gasteiger partial charge in [0.25, 0.3) is 5.91 Å². The van der Waals surface area contributed by atoms with Gasteiger partial charge in [0, 0.05) is 13.0 Å². The second-order valence-corrected chi connectivity index (χ2v) is 7.76. The maximum Gasteiger partial charge on any atom is 0.407 e. The second-order valence-electron chi connectivity index (χ2n) is 7.76. The number of carbonyl (C=O) groups excluding carboxylic acids is 2. The number of benzene rings is 2. The van der Waals surface area contributed by atoms with Gasteiger partial charge < -0.3 is 29.6 Å². The quantitative estimate of drug-likeness (QED) is 0.444. The van der Waals surface area contributed by atoms with E-state index in [2.05, 4.69) is 22.8 Å². The van der Waals surface area contributed by atoms with Crippen LogP contribution >= 0.6 is 0 Å². The number of rotatable bonds is 9. The Morgan fingerprint density at radius 2 is 1.65 bits per heavy atom. The van der Waals surface area contributed by atoms with Crippen LogP contribution in [0.4, 0.5) is 4.79 Å². The Morgan fingerprint density at radius 3 is 2.26 bits per heavy atom. The minimum Gasteiger partial charge on any atom is -0.480 e. The summed E-state index contributed by atoms with van der Waals surface area (Å²) in [4.78, 5) is 35.6. The number of nitrogens with one attached hydrogen (secondary N) is 2. The van der Waals surface area contributed by atoms with Crippen molar-refractivity contribution in [1.29, 1.82) is 0 Å². The van der Waals surface area contributed by atoms with E-state index < -0.39 is 24.0 Å². The van der Waals surface area contributed by atoms with Crippen molar-refractivity contribution in [2.45, 2.75) is 18.5 Å². The van der Waals surface area contributed by atoms with Gasteiger partial charge in [-0.05, 0) is 34.4 Å². The number of amides is 2. The molecule has 9 nitrogen and oxygen atoms in total.